The SMILES string of the molecule is COC1CCN(CCC(O)c2ccccc2)C1. The minimum Gasteiger partial charge on any atom is -0.388 e. The van der Waals surface area contributed by atoms with Crippen LogP contribution >= 0.6 is 0 Å². The van der Waals surface area contributed by atoms with Crippen LogP contribution in [0.5, 0.6) is 0 Å². The van der Waals surface area contributed by atoms with Gasteiger partial charge in [0, 0.05) is 26.7 Å². The molecule has 3 nitrogen and oxygen atoms in total. The number of aliphatic hydroxyl groups is 1. The average molecular weight is 235 g/mol. The lowest BCUT2D eigenvalue weighted by Crippen LogP contribution is -2.25. The van der Waals surface area contributed by atoms with Crippen LogP contribution in [-0.4, -0.2) is 42.9 Å². The van der Waals surface area contributed by atoms with E-state index in [9.17, 15) is 5.11 Å². The zero-order valence-corrected chi connectivity index (χ0v) is 10.4. The van der Waals surface area contributed by atoms with Gasteiger partial charge in [-0.1, -0.05) is 30.3 Å². The van der Waals surface area contributed by atoms with E-state index in [4.69, 9.17) is 4.74 Å². The van der Waals surface area contributed by atoms with E-state index in [0.717, 1.165) is 38.0 Å². The van der Waals surface area contributed by atoms with Crippen LogP contribution in [0, 0.1) is 0 Å². The van der Waals surface area contributed by atoms with E-state index < -0.39 is 0 Å². The monoisotopic (exact) mass is 235 g/mol. The molecule has 2 unspecified atom stereocenters. The Morgan fingerprint density at radius 1 is 1.41 bits per heavy atom. The quantitative estimate of drug-likeness (QED) is 0.845. The van der Waals surface area contributed by atoms with Crippen LogP contribution in [0.15, 0.2) is 30.3 Å². The summed E-state index contributed by atoms with van der Waals surface area (Å²) < 4.78 is 5.33. The van der Waals surface area contributed by atoms with Crippen molar-refractivity contribution in [1.29, 1.82) is 0 Å². The molecular weight excluding hydrogens is 214 g/mol. The number of benzene rings is 1. The van der Waals surface area contributed by atoms with E-state index in [1.165, 1.54) is 0 Å². The van der Waals surface area contributed by atoms with Crippen molar-refractivity contribution in [1.82, 2.24) is 4.90 Å². The fourth-order valence-corrected chi connectivity index (χ4v) is 2.34. The Morgan fingerprint density at radius 3 is 2.82 bits per heavy atom. The zero-order valence-electron chi connectivity index (χ0n) is 10.4. The van der Waals surface area contributed by atoms with Crippen molar-refractivity contribution in [2.45, 2.75) is 25.0 Å². The van der Waals surface area contributed by atoms with E-state index in [2.05, 4.69) is 4.90 Å². The van der Waals surface area contributed by atoms with Crippen molar-refractivity contribution in [2.75, 3.05) is 26.7 Å². The number of rotatable bonds is 5. The summed E-state index contributed by atoms with van der Waals surface area (Å²) in [6.07, 6.45) is 1.93. The first kappa shape index (κ1) is 12.6. The first-order chi connectivity index (χ1) is 8.29. The summed E-state index contributed by atoms with van der Waals surface area (Å²) in [5.74, 6) is 0. The minimum absolute atomic E-state index is 0.349. The Kier molecular flexibility index (Phi) is 4.54. The molecule has 0 amide bonds. The lowest BCUT2D eigenvalue weighted by atomic mass is 10.1. The van der Waals surface area contributed by atoms with Crippen molar-refractivity contribution in [3.8, 4) is 0 Å². The molecule has 1 saturated heterocycles. The molecule has 0 saturated carbocycles. The van der Waals surface area contributed by atoms with Gasteiger partial charge in [0.25, 0.3) is 0 Å². The van der Waals surface area contributed by atoms with Crippen molar-refractivity contribution >= 4 is 0 Å². The topological polar surface area (TPSA) is 32.7 Å². The van der Waals surface area contributed by atoms with Crippen LogP contribution in [0.4, 0.5) is 0 Å². The van der Waals surface area contributed by atoms with Gasteiger partial charge in [0.1, 0.15) is 0 Å². The smallest absolute Gasteiger partial charge is 0.0802 e. The van der Waals surface area contributed by atoms with E-state index in [0.29, 0.717) is 6.10 Å². The molecule has 1 heterocycles. The van der Waals surface area contributed by atoms with E-state index >= 15 is 0 Å². The summed E-state index contributed by atoms with van der Waals surface area (Å²) >= 11 is 0. The highest BCUT2D eigenvalue weighted by Gasteiger charge is 2.22. The van der Waals surface area contributed by atoms with Gasteiger partial charge in [-0.15, -0.1) is 0 Å². The number of likely N-dealkylation sites (tertiary alicyclic amines) is 1. The Labute approximate surface area is 103 Å². The molecule has 0 aromatic heterocycles. The lowest BCUT2D eigenvalue weighted by molar-refractivity contribution is 0.102. The molecule has 2 rings (SSSR count). The van der Waals surface area contributed by atoms with Gasteiger partial charge < -0.3 is 14.7 Å². The van der Waals surface area contributed by atoms with Gasteiger partial charge >= 0.3 is 0 Å². The molecule has 2 atom stereocenters. The maximum absolute atomic E-state index is 10.0. The molecular formula is C14H21NO2. The van der Waals surface area contributed by atoms with Crippen LogP contribution in [0.2, 0.25) is 0 Å². The lowest BCUT2D eigenvalue weighted by Gasteiger charge is -2.18. The number of ether oxygens (including phenoxy) is 1. The number of hydrogen-bond donors (Lipinski definition) is 1. The van der Waals surface area contributed by atoms with Crippen molar-refractivity contribution < 1.29 is 9.84 Å². The summed E-state index contributed by atoms with van der Waals surface area (Å²) in [5, 5.41) is 10.0. The van der Waals surface area contributed by atoms with Gasteiger partial charge in [0.2, 0.25) is 0 Å². The molecule has 1 aliphatic heterocycles. The summed E-state index contributed by atoms with van der Waals surface area (Å²) in [5.41, 5.74) is 1.01. The van der Waals surface area contributed by atoms with Gasteiger partial charge in [0.05, 0.1) is 12.2 Å². The molecule has 0 aliphatic carbocycles. The van der Waals surface area contributed by atoms with Crippen molar-refractivity contribution in [2.24, 2.45) is 0 Å². The maximum atomic E-state index is 10.0. The first-order valence-electron chi connectivity index (χ1n) is 6.27. The normalized spacial score (nSPS) is 22.8. The maximum Gasteiger partial charge on any atom is 0.0802 e. The van der Waals surface area contributed by atoms with Crippen LogP contribution in [0.25, 0.3) is 0 Å². The molecule has 3 heteroatoms. The van der Waals surface area contributed by atoms with Crippen molar-refractivity contribution in [3.05, 3.63) is 35.9 Å². The van der Waals surface area contributed by atoms with Gasteiger partial charge in [-0.25, -0.2) is 0 Å². The highest BCUT2D eigenvalue weighted by molar-refractivity contribution is 5.17. The Bertz CT molecular complexity index is 328. The summed E-state index contributed by atoms with van der Waals surface area (Å²) in [6, 6.07) is 9.86. The summed E-state index contributed by atoms with van der Waals surface area (Å²) in [6.45, 7) is 3.02. The van der Waals surface area contributed by atoms with Crippen LogP contribution in [0.1, 0.15) is 24.5 Å². The predicted octanol–water partition coefficient (Wildman–Crippen LogP) is 1.83. The van der Waals surface area contributed by atoms with E-state index in [1.54, 1.807) is 7.11 Å². The van der Waals surface area contributed by atoms with Gasteiger partial charge in [-0.05, 0) is 18.4 Å². The average Bonchev–Trinajstić information content (AvgIpc) is 2.85. The second kappa shape index (κ2) is 6.15. The molecule has 1 aromatic carbocycles. The Hall–Kier alpha value is -0.900. The number of aliphatic hydroxyl groups excluding tert-OH is 1. The number of nitrogens with zero attached hydrogens (tertiary/aromatic N) is 1. The number of hydrogen-bond acceptors (Lipinski definition) is 3. The van der Waals surface area contributed by atoms with Crippen molar-refractivity contribution in [3.63, 3.8) is 0 Å². The minimum atomic E-state index is -0.349. The largest absolute Gasteiger partial charge is 0.388 e. The molecule has 1 fully saturated rings. The van der Waals surface area contributed by atoms with Crippen LogP contribution in [-0.2, 0) is 4.74 Å². The van der Waals surface area contributed by atoms with Gasteiger partial charge in [-0.2, -0.15) is 0 Å². The molecule has 0 spiro atoms. The Balaban J connectivity index is 1.75. The number of methoxy groups -OCH3 is 1. The molecule has 1 aliphatic rings. The highest BCUT2D eigenvalue weighted by Crippen LogP contribution is 2.18. The third kappa shape index (κ3) is 3.53. The Morgan fingerprint density at radius 2 is 2.18 bits per heavy atom. The fourth-order valence-electron chi connectivity index (χ4n) is 2.34. The van der Waals surface area contributed by atoms with Crippen LogP contribution < -0.4 is 0 Å². The second-order valence-corrected chi connectivity index (χ2v) is 4.66. The highest BCUT2D eigenvalue weighted by atomic mass is 16.5. The summed E-state index contributed by atoms with van der Waals surface area (Å²) in [7, 11) is 1.77. The van der Waals surface area contributed by atoms with E-state index in [-0.39, 0.29) is 6.10 Å². The summed E-state index contributed by atoms with van der Waals surface area (Å²) in [4.78, 5) is 2.36. The van der Waals surface area contributed by atoms with Gasteiger partial charge in [-0.3, -0.25) is 0 Å². The van der Waals surface area contributed by atoms with Crippen LogP contribution in [0.3, 0.4) is 0 Å². The molecule has 1 N–H and O–H groups in total. The fraction of sp³-hybridized carbons (Fsp3) is 0.571. The molecule has 94 valence electrons. The first-order valence-corrected chi connectivity index (χ1v) is 6.27. The third-order valence-electron chi connectivity index (χ3n) is 3.47. The van der Waals surface area contributed by atoms with E-state index in [1.807, 2.05) is 30.3 Å². The molecule has 17 heavy (non-hydrogen) atoms. The molecule has 0 bridgehead atoms. The molecule has 1 aromatic rings. The van der Waals surface area contributed by atoms with Gasteiger partial charge in [0.15, 0.2) is 0 Å². The molecule has 0 radical (unpaired) electrons. The third-order valence-corrected chi connectivity index (χ3v) is 3.47. The second-order valence-electron chi connectivity index (χ2n) is 4.66. The zero-order chi connectivity index (χ0) is 12.1. The standard InChI is InChI=1S/C14H21NO2/c1-17-13-7-9-15(11-13)10-8-14(16)12-5-3-2-4-6-12/h2-6,13-14,16H,7-11H2,1H3. The predicted molar refractivity (Wildman–Crippen MR) is 67.9 cm³/mol.